The first-order valence-corrected chi connectivity index (χ1v) is 4.67. The molecule has 1 aliphatic rings. The molecule has 2 N–H and O–H groups in total. The van der Waals surface area contributed by atoms with Crippen LogP contribution in [0.4, 0.5) is 5.69 Å². The lowest BCUT2D eigenvalue weighted by atomic mass is 10.0. The standard InChI is InChI=1S/C11H13NO2/c1-6-3-7(2)8-5-10(11(13)14)12-9(8)4-6/h3-4,10,12H,5H2,1-2H3,(H,13,14)/t10-/m0/s1. The van der Waals surface area contributed by atoms with E-state index >= 15 is 0 Å². The monoisotopic (exact) mass is 191 g/mol. The van der Waals surface area contributed by atoms with Crippen LogP contribution in [0.25, 0.3) is 0 Å². The molecule has 1 aliphatic heterocycles. The van der Waals surface area contributed by atoms with Crippen molar-refractivity contribution in [2.24, 2.45) is 0 Å². The number of nitrogens with one attached hydrogen (secondary N) is 1. The van der Waals surface area contributed by atoms with Crippen molar-refractivity contribution < 1.29 is 9.90 Å². The van der Waals surface area contributed by atoms with Crippen LogP contribution in [0.15, 0.2) is 12.1 Å². The number of benzene rings is 1. The smallest absolute Gasteiger partial charge is 0.326 e. The summed E-state index contributed by atoms with van der Waals surface area (Å²) in [7, 11) is 0. The molecule has 1 aromatic carbocycles. The van der Waals surface area contributed by atoms with E-state index in [0.29, 0.717) is 6.42 Å². The van der Waals surface area contributed by atoms with Crippen molar-refractivity contribution in [2.45, 2.75) is 26.3 Å². The van der Waals surface area contributed by atoms with Crippen molar-refractivity contribution in [1.82, 2.24) is 0 Å². The number of rotatable bonds is 1. The van der Waals surface area contributed by atoms with Gasteiger partial charge in [0.05, 0.1) is 0 Å². The summed E-state index contributed by atoms with van der Waals surface area (Å²) >= 11 is 0. The van der Waals surface area contributed by atoms with E-state index in [-0.39, 0.29) is 0 Å². The molecule has 0 fully saturated rings. The number of carboxylic acids is 1. The highest BCUT2D eigenvalue weighted by atomic mass is 16.4. The fraction of sp³-hybridized carbons (Fsp3) is 0.364. The van der Waals surface area contributed by atoms with E-state index in [4.69, 9.17) is 5.11 Å². The fourth-order valence-electron chi connectivity index (χ4n) is 1.99. The van der Waals surface area contributed by atoms with Crippen LogP contribution in [0.3, 0.4) is 0 Å². The van der Waals surface area contributed by atoms with Gasteiger partial charge in [0.1, 0.15) is 6.04 Å². The molecule has 2 rings (SSSR count). The average molecular weight is 191 g/mol. The predicted molar refractivity (Wildman–Crippen MR) is 54.7 cm³/mol. The number of fused-ring (bicyclic) bond motifs is 1. The van der Waals surface area contributed by atoms with Crippen LogP contribution in [0.5, 0.6) is 0 Å². The van der Waals surface area contributed by atoms with Crippen LogP contribution < -0.4 is 5.32 Å². The summed E-state index contributed by atoms with van der Waals surface area (Å²) < 4.78 is 0. The van der Waals surface area contributed by atoms with Gasteiger partial charge in [-0.1, -0.05) is 6.07 Å². The first-order chi connectivity index (χ1) is 6.58. The summed E-state index contributed by atoms with van der Waals surface area (Å²) in [6.07, 6.45) is 0.594. The second-order valence-corrected chi connectivity index (χ2v) is 3.85. The van der Waals surface area contributed by atoms with Gasteiger partial charge in [0.2, 0.25) is 0 Å². The summed E-state index contributed by atoms with van der Waals surface area (Å²) in [5.74, 6) is -0.779. The van der Waals surface area contributed by atoms with Crippen LogP contribution in [-0.2, 0) is 11.2 Å². The van der Waals surface area contributed by atoms with Crippen molar-refractivity contribution in [3.8, 4) is 0 Å². The summed E-state index contributed by atoms with van der Waals surface area (Å²) in [6, 6.07) is 3.64. The number of carbonyl (C=O) groups is 1. The van der Waals surface area contributed by atoms with Gasteiger partial charge in [-0.05, 0) is 36.6 Å². The number of carboxylic acid groups (broad SMARTS) is 1. The molecule has 0 aliphatic carbocycles. The molecule has 0 spiro atoms. The quantitative estimate of drug-likeness (QED) is 0.710. The number of aliphatic carboxylic acids is 1. The molecule has 0 aromatic heterocycles. The lowest BCUT2D eigenvalue weighted by Crippen LogP contribution is -2.26. The van der Waals surface area contributed by atoms with Crippen molar-refractivity contribution in [3.63, 3.8) is 0 Å². The minimum Gasteiger partial charge on any atom is -0.480 e. The van der Waals surface area contributed by atoms with Crippen LogP contribution in [0.1, 0.15) is 16.7 Å². The van der Waals surface area contributed by atoms with Gasteiger partial charge in [0.15, 0.2) is 0 Å². The third-order valence-electron chi connectivity index (χ3n) is 2.65. The van der Waals surface area contributed by atoms with Gasteiger partial charge < -0.3 is 10.4 Å². The van der Waals surface area contributed by atoms with Crippen molar-refractivity contribution in [1.29, 1.82) is 0 Å². The van der Waals surface area contributed by atoms with Crippen LogP contribution in [0.2, 0.25) is 0 Å². The highest BCUT2D eigenvalue weighted by Crippen LogP contribution is 2.29. The Bertz CT molecular complexity index is 399. The Morgan fingerprint density at radius 2 is 2.21 bits per heavy atom. The fourth-order valence-corrected chi connectivity index (χ4v) is 1.99. The van der Waals surface area contributed by atoms with Gasteiger partial charge >= 0.3 is 5.97 Å². The minimum absolute atomic E-state index is 0.453. The zero-order chi connectivity index (χ0) is 10.3. The van der Waals surface area contributed by atoms with Gasteiger partial charge in [0.25, 0.3) is 0 Å². The topological polar surface area (TPSA) is 49.3 Å². The number of anilines is 1. The highest BCUT2D eigenvalue weighted by Gasteiger charge is 2.27. The Morgan fingerprint density at radius 3 is 2.86 bits per heavy atom. The van der Waals surface area contributed by atoms with E-state index in [0.717, 1.165) is 11.3 Å². The summed E-state index contributed by atoms with van der Waals surface area (Å²) in [5, 5.41) is 11.9. The summed E-state index contributed by atoms with van der Waals surface area (Å²) in [6.45, 7) is 4.04. The van der Waals surface area contributed by atoms with Crippen LogP contribution in [0, 0.1) is 13.8 Å². The summed E-state index contributed by atoms with van der Waals surface area (Å²) in [4.78, 5) is 10.8. The van der Waals surface area contributed by atoms with Gasteiger partial charge in [-0.25, -0.2) is 4.79 Å². The molecule has 14 heavy (non-hydrogen) atoms. The molecule has 1 atom stereocenters. The second kappa shape index (κ2) is 3.01. The molecule has 74 valence electrons. The van der Waals surface area contributed by atoms with Crippen molar-refractivity contribution in [3.05, 3.63) is 28.8 Å². The first kappa shape index (κ1) is 9.06. The van der Waals surface area contributed by atoms with Gasteiger partial charge in [-0.15, -0.1) is 0 Å². The molecule has 0 saturated heterocycles. The van der Waals surface area contributed by atoms with Gasteiger partial charge in [0, 0.05) is 12.1 Å². The number of hydrogen-bond donors (Lipinski definition) is 2. The van der Waals surface area contributed by atoms with E-state index in [1.165, 1.54) is 11.1 Å². The molecule has 0 amide bonds. The average Bonchev–Trinajstić information content (AvgIpc) is 2.47. The first-order valence-electron chi connectivity index (χ1n) is 4.67. The molecule has 1 aromatic rings. The zero-order valence-corrected chi connectivity index (χ0v) is 8.29. The maximum Gasteiger partial charge on any atom is 0.326 e. The molecule has 0 radical (unpaired) electrons. The van der Waals surface area contributed by atoms with Crippen LogP contribution in [-0.4, -0.2) is 17.1 Å². The lowest BCUT2D eigenvalue weighted by Gasteiger charge is -2.05. The van der Waals surface area contributed by atoms with Crippen molar-refractivity contribution in [2.75, 3.05) is 5.32 Å². The Kier molecular flexibility index (Phi) is 1.95. The predicted octanol–water partition coefficient (Wildman–Crippen LogP) is 1.72. The zero-order valence-electron chi connectivity index (χ0n) is 8.29. The Balaban J connectivity index is 2.39. The Hall–Kier alpha value is -1.51. The number of hydrogen-bond acceptors (Lipinski definition) is 2. The lowest BCUT2D eigenvalue weighted by molar-refractivity contribution is -0.137. The Labute approximate surface area is 82.8 Å². The third kappa shape index (κ3) is 1.35. The van der Waals surface area contributed by atoms with Crippen LogP contribution >= 0.6 is 0 Å². The van der Waals surface area contributed by atoms with Crippen molar-refractivity contribution >= 4 is 11.7 Å². The highest BCUT2D eigenvalue weighted by molar-refractivity contribution is 5.81. The second-order valence-electron chi connectivity index (χ2n) is 3.85. The van der Waals surface area contributed by atoms with E-state index in [1.807, 2.05) is 19.9 Å². The normalized spacial score (nSPS) is 18.9. The van der Waals surface area contributed by atoms with Gasteiger partial charge in [-0.3, -0.25) is 0 Å². The maximum atomic E-state index is 10.8. The molecule has 0 unspecified atom stereocenters. The molecular formula is C11H13NO2. The van der Waals surface area contributed by atoms with E-state index < -0.39 is 12.0 Å². The molecule has 0 bridgehead atoms. The van der Waals surface area contributed by atoms with E-state index in [2.05, 4.69) is 11.4 Å². The molecule has 3 heteroatoms. The molecule has 0 saturated carbocycles. The molecule has 3 nitrogen and oxygen atoms in total. The summed E-state index contributed by atoms with van der Waals surface area (Å²) in [5.41, 5.74) is 4.47. The largest absolute Gasteiger partial charge is 0.480 e. The molecular weight excluding hydrogens is 178 g/mol. The van der Waals surface area contributed by atoms with Gasteiger partial charge in [-0.2, -0.15) is 0 Å². The minimum atomic E-state index is -0.779. The maximum absolute atomic E-state index is 10.8. The van der Waals surface area contributed by atoms with E-state index in [9.17, 15) is 4.79 Å². The van der Waals surface area contributed by atoms with E-state index in [1.54, 1.807) is 0 Å². The Morgan fingerprint density at radius 1 is 1.50 bits per heavy atom. The third-order valence-corrected chi connectivity index (χ3v) is 2.65. The number of aryl methyl sites for hydroxylation is 2. The SMILES string of the molecule is Cc1cc(C)c2c(c1)N[C@H](C(=O)O)C2. The molecule has 1 heterocycles.